The first-order chi connectivity index (χ1) is 15.8. The standard InChI is InChI=1S/C23H24F2N4O3S/c24-16-3-6-20(25)19(7-16)23-21(27)8-17(13-32-23)29-11-15-10-28(12-22(15)29)33(30,31)18-4-1-14(9-26)2-5-18/h1-7,15,17,21-23H,8,10-13,27H2/t15?,17-,21+,22?,23-/m1/s1. The van der Waals surface area contributed by atoms with Crippen molar-refractivity contribution in [3.63, 3.8) is 0 Å². The number of nitrogens with two attached hydrogens (primary N) is 1. The predicted molar refractivity (Wildman–Crippen MR) is 115 cm³/mol. The van der Waals surface area contributed by atoms with Gasteiger partial charge in [0.25, 0.3) is 0 Å². The number of likely N-dealkylation sites (tertiary alicyclic amines) is 1. The van der Waals surface area contributed by atoms with Crippen molar-refractivity contribution in [2.24, 2.45) is 11.7 Å². The van der Waals surface area contributed by atoms with Gasteiger partial charge < -0.3 is 10.5 Å². The largest absolute Gasteiger partial charge is 0.370 e. The van der Waals surface area contributed by atoms with E-state index < -0.39 is 33.8 Å². The number of nitriles is 1. The van der Waals surface area contributed by atoms with Crippen molar-refractivity contribution >= 4 is 10.0 Å². The minimum Gasteiger partial charge on any atom is -0.370 e. The highest BCUT2D eigenvalue weighted by Gasteiger charge is 2.52. The van der Waals surface area contributed by atoms with Crippen LogP contribution in [0.4, 0.5) is 8.78 Å². The molecular formula is C23H24F2N4O3S. The predicted octanol–water partition coefficient (Wildman–Crippen LogP) is 2.00. The van der Waals surface area contributed by atoms with Gasteiger partial charge in [0.15, 0.2) is 0 Å². The number of ether oxygens (including phenoxy) is 1. The molecular weight excluding hydrogens is 450 g/mol. The fraction of sp³-hybridized carbons (Fsp3) is 0.435. The van der Waals surface area contributed by atoms with E-state index in [1.165, 1.54) is 28.6 Å². The SMILES string of the molecule is N#Cc1ccc(S(=O)(=O)N2CC3CN([C@H]4CO[C@H](c5cc(F)ccc5F)[C@@H](N)C4)C3C2)cc1. The maximum Gasteiger partial charge on any atom is 0.243 e. The zero-order valence-corrected chi connectivity index (χ0v) is 18.6. The molecule has 3 heterocycles. The number of hydrogen-bond acceptors (Lipinski definition) is 6. The third kappa shape index (κ3) is 3.94. The van der Waals surface area contributed by atoms with Gasteiger partial charge in [-0.15, -0.1) is 0 Å². The van der Waals surface area contributed by atoms with E-state index in [4.69, 9.17) is 15.7 Å². The van der Waals surface area contributed by atoms with Gasteiger partial charge in [0.05, 0.1) is 23.1 Å². The molecule has 33 heavy (non-hydrogen) atoms. The highest BCUT2D eigenvalue weighted by molar-refractivity contribution is 7.89. The lowest BCUT2D eigenvalue weighted by molar-refractivity contribution is -0.0936. The van der Waals surface area contributed by atoms with Crippen LogP contribution in [-0.4, -0.2) is 62.0 Å². The van der Waals surface area contributed by atoms with Crippen LogP contribution < -0.4 is 5.73 Å². The molecule has 0 spiro atoms. The summed E-state index contributed by atoms with van der Waals surface area (Å²) in [6.07, 6.45) is -0.169. The van der Waals surface area contributed by atoms with Gasteiger partial charge >= 0.3 is 0 Å². The molecule has 0 amide bonds. The van der Waals surface area contributed by atoms with Crippen LogP contribution in [0, 0.1) is 28.9 Å². The van der Waals surface area contributed by atoms with Crippen molar-refractivity contribution in [3.8, 4) is 6.07 Å². The van der Waals surface area contributed by atoms with E-state index >= 15 is 0 Å². The van der Waals surface area contributed by atoms with Gasteiger partial charge in [-0.2, -0.15) is 9.57 Å². The van der Waals surface area contributed by atoms with Crippen LogP contribution in [0.25, 0.3) is 0 Å². The Labute approximate surface area is 191 Å². The molecule has 3 saturated heterocycles. The second kappa shape index (κ2) is 8.42. The van der Waals surface area contributed by atoms with Gasteiger partial charge in [-0.25, -0.2) is 17.2 Å². The monoisotopic (exact) mass is 474 g/mol. The van der Waals surface area contributed by atoms with E-state index in [2.05, 4.69) is 4.90 Å². The Bertz CT molecular complexity index is 1200. The van der Waals surface area contributed by atoms with Gasteiger partial charge in [-0.05, 0) is 48.9 Å². The van der Waals surface area contributed by atoms with E-state index in [0.717, 1.165) is 24.7 Å². The summed E-state index contributed by atoms with van der Waals surface area (Å²) in [5.74, 6) is -0.851. The summed E-state index contributed by atoms with van der Waals surface area (Å²) < 4.78 is 61.3. The third-order valence-corrected chi connectivity index (χ3v) is 8.85. The number of fused-ring (bicyclic) bond motifs is 1. The minimum atomic E-state index is -3.64. The van der Waals surface area contributed by atoms with Crippen LogP contribution in [0.1, 0.15) is 23.7 Å². The Hall–Kier alpha value is -2.42. The van der Waals surface area contributed by atoms with Crippen molar-refractivity contribution in [1.82, 2.24) is 9.21 Å². The van der Waals surface area contributed by atoms with Crippen molar-refractivity contribution in [2.45, 2.75) is 35.5 Å². The van der Waals surface area contributed by atoms with Gasteiger partial charge in [0.1, 0.15) is 17.7 Å². The maximum absolute atomic E-state index is 14.2. The fourth-order valence-corrected chi connectivity index (χ4v) is 6.75. The summed E-state index contributed by atoms with van der Waals surface area (Å²) in [6, 6.07) is 10.8. The van der Waals surface area contributed by atoms with Crippen LogP contribution >= 0.6 is 0 Å². The Balaban J connectivity index is 1.24. The average Bonchev–Trinajstić information content (AvgIpc) is 3.13. The molecule has 2 aromatic rings. The van der Waals surface area contributed by atoms with Crippen LogP contribution in [-0.2, 0) is 14.8 Å². The first kappa shape index (κ1) is 22.4. The molecule has 10 heteroatoms. The van der Waals surface area contributed by atoms with Crippen LogP contribution in [0.2, 0.25) is 0 Å². The van der Waals surface area contributed by atoms with Crippen molar-refractivity contribution in [1.29, 1.82) is 5.26 Å². The summed E-state index contributed by atoms with van der Waals surface area (Å²) in [5, 5.41) is 8.93. The van der Waals surface area contributed by atoms with Crippen molar-refractivity contribution in [2.75, 3.05) is 26.2 Å². The van der Waals surface area contributed by atoms with Crippen molar-refractivity contribution in [3.05, 3.63) is 65.2 Å². The fourth-order valence-electron chi connectivity index (χ4n) is 5.23. The highest BCUT2D eigenvalue weighted by Crippen LogP contribution is 2.40. The molecule has 7 nitrogen and oxygen atoms in total. The summed E-state index contributed by atoms with van der Waals surface area (Å²) in [6.45, 7) is 1.88. The number of benzene rings is 2. The van der Waals surface area contributed by atoms with Gasteiger partial charge in [-0.3, -0.25) is 4.90 Å². The van der Waals surface area contributed by atoms with E-state index in [1.54, 1.807) is 0 Å². The average molecular weight is 475 g/mol. The highest BCUT2D eigenvalue weighted by atomic mass is 32.2. The molecule has 0 saturated carbocycles. The summed E-state index contributed by atoms with van der Waals surface area (Å²) in [7, 11) is -3.64. The molecule has 2 aromatic carbocycles. The van der Waals surface area contributed by atoms with Gasteiger partial charge in [0, 0.05) is 49.2 Å². The number of halogens is 2. The number of rotatable bonds is 4. The smallest absolute Gasteiger partial charge is 0.243 e. The Morgan fingerprint density at radius 2 is 1.85 bits per heavy atom. The molecule has 5 rings (SSSR count). The number of sulfonamides is 1. The zero-order chi connectivity index (χ0) is 23.3. The second-order valence-corrected chi connectivity index (χ2v) is 10.9. The maximum atomic E-state index is 14.2. The molecule has 2 N–H and O–H groups in total. The van der Waals surface area contributed by atoms with E-state index in [1.807, 2.05) is 6.07 Å². The molecule has 5 atom stereocenters. The second-order valence-electron chi connectivity index (χ2n) is 8.96. The first-order valence-corrected chi connectivity index (χ1v) is 12.3. The lowest BCUT2D eigenvalue weighted by Crippen LogP contribution is -2.63. The normalized spacial score (nSPS) is 30.4. The molecule has 0 aliphatic carbocycles. The Morgan fingerprint density at radius 1 is 1.09 bits per heavy atom. The Kier molecular flexibility index (Phi) is 5.71. The van der Waals surface area contributed by atoms with Gasteiger partial charge in [0.2, 0.25) is 10.0 Å². The summed E-state index contributed by atoms with van der Waals surface area (Å²) in [5.41, 5.74) is 6.84. The number of hydrogen-bond donors (Lipinski definition) is 1. The minimum absolute atomic E-state index is 0.00770. The molecule has 0 aromatic heterocycles. The Morgan fingerprint density at radius 3 is 2.55 bits per heavy atom. The molecule has 0 radical (unpaired) electrons. The van der Waals surface area contributed by atoms with Gasteiger partial charge in [-0.1, -0.05) is 0 Å². The van der Waals surface area contributed by atoms with Crippen molar-refractivity contribution < 1.29 is 21.9 Å². The molecule has 2 unspecified atom stereocenters. The molecule has 174 valence electrons. The van der Waals surface area contributed by atoms with Crippen LogP contribution in [0.15, 0.2) is 47.4 Å². The molecule has 0 bridgehead atoms. The third-order valence-electron chi connectivity index (χ3n) is 7.00. The van der Waals surface area contributed by atoms with E-state index in [9.17, 15) is 17.2 Å². The van der Waals surface area contributed by atoms with E-state index in [-0.39, 0.29) is 28.5 Å². The topological polar surface area (TPSA) is 99.7 Å². The molecule has 3 fully saturated rings. The van der Waals surface area contributed by atoms with Crippen LogP contribution in [0.3, 0.4) is 0 Å². The summed E-state index contributed by atoms with van der Waals surface area (Å²) >= 11 is 0. The first-order valence-electron chi connectivity index (χ1n) is 10.9. The van der Waals surface area contributed by atoms with Crippen LogP contribution in [0.5, 0.6) is 0 Å². The molecule has 3 aliphatic rings. The number of nitrogens with zero attached hydrogens (tertiary/aromatic N) is 3. The lowest BCUT2D eigenvalue weighted by atomic mass is 9.86. The molecule has 3 aliphatic heterocycles. The van der Waals surface area contributed by atoms with E-state index in [0.29, 0.717) is 31.7 Å². The zero-order valence-electron chi connectivity index (χ0n) is 17.8. The summed E-state index contributed by atoms with van der Waals surface area (Å²) in [4.78, 5) is 2.40. The quantitative estimate of drug-likeness (QED) is 0.728. The lowest BCUT2D eigenvalue weighted by Gasteiger charge is -2.51.